The van der Waals surface area contributed by atoms with Crippen LogP contribution >= 0.6 is 0 Å². The van der Waals surface area contributed by atoms with Crippen molar-refractivity contribution in [3.05, 3.63) is 65.2 Å². The van der Waals surface area contributed by atoms with Crippen molar-refractivity contribution in [1.82, 2.24) is 10.2 Å². The highest BCUT2D eigenvalue weighted by atomic mass is 32.2. The Hall–Kier alpha value is -2.87. The molecule has 0 fully saturated rings. The molecule has 1 N–H and O–H groups in total. The third-order valence-electron chi connectivity index (χ3n) is 5.82. The highest BCUT2D eigenvalue weighted by Gasteiger charge is 2.31. The van der Waals surface area contributed by atoms with Gasteiger partial charge in [0.1, 0.15) is 12.6 Å². The SMILES string of the molecule is CCCCNC(=O)[C@H](CC)N(Cc1ccccc1C)C(=O)CN(c1ccc(C)cc1)S(C)(=O)=O. The van der Waals surface area contributed by atoms with E-state index in [-0.39, 0.29) is 19.0 Å². The van der Waals surface area contributed by atoms with E-state index in [1.807, 2.05) is 52.0 Å². The third-order valence-corrected chi connectivity index (χ3v) is 6.96. The van der Waals surface area contributed by atoms with Gasteiger partial charge < -0.3 is 10.2 Å². The van der Waals surface area contributed by atoms with Crippen molar-refractivity contribution >= 4 is 27.5 Å². The van der Waals surface area contributed by atoms with Crippen molar-refractivity contribution < 1.29 is 18.0 Å². The number of rotatable bonds is 12. The minimum atomic E-state index is -3.73. The van der Waals surface area contributed by atoms with Gasteiger partial charge in [0.2, 0.25) is 21.8 Å². The number of unbranched alkanes of at least 4 members (excludes halogenated alkanes) is 1. The number of hydrogen-bond acceptors (Lipinski definition) is 4. The summed E-state index contributed by atoms with van der Waals surface area (Å²) in [5.74, 6) is -0.647. The molecule has 0 bridgehead atoms. The van der Waals surface area contributed by atoms with Crippen LogP contribution in [0.15, 0.2) is 48.5 Å². The van der Waals surface area contributed by atoms with Crippen LogP contribution in [0.25, 0.3) is 0 Å². The summed E-state index contributed by atoms with van der Waals surface area (Å²) in [5.41, 5.74) is 3.31. The smallest absolute Gasteiger partial charge is 0.244 e. The van der Waals surface area contributed by atoms with E-state index in [4.69, 9.17) is 0 Å². The molecule has 0 aliphatic heterocycles. The largest absolute Gasteiger partial charge is 0.354 e. The van der Waals surface area contributed by atoms with Crippen molar-refractivity contribution in [3.63, 3.8) is 0 Å². The monoisotopic (exact) mass is 487 g/mol. The molecule has 0 aromatic heterocycles. The van der Waals surface area contributed by atoms with Gasteiger partial charge in [-0.15, -0.1) is 0 Å². The lowest BCUT2D eigenvalue weighted by Crippen LogP contribution is -2.52. The molecule has 0 unspecified atom stereocenters. The normalized spacial score (nSPS) is 12.1. The molecule has 0 heterocycles. The van der Waals surface area contributed by atoms with Gasteiger partial charge in [0.25, 0.3) is 0 Å². The van der Waals surface area contributed by atoms with Crippen molar-refractivity contribution in [3.8, 4) is 0 Å². The van der Waals surface area contributed by atoms with Crippen molar-refractivity contribution in [2.45, 2.75) is 59.5 Å². The fraction of sp³-hybridized carbons (Fsp3) is 0.462. The van der Waals surface area contributed by atoms with Gasteiger partial charge in [0.15, 0.2) is 0 Å². The second kappa shape index (κ2) is 12.6. The quantitative estimate of drug-likeness (QED) is 0.462. The Labute approximate surface area is 204 Å². The second-order valence-electron chi connectivity index (χ2n) is 8.62. The van der Waals surface area contributed by atoms with Crippen molar-refractivity contribution in [2.24, 2.45) is 0 Å². The highest BCUT2D eigenvalue weighted by molar-refractivity contribution is 7.92. The fourth-order valence-electron chi connectivity index (χ4n) is 3.72. The van der Waals surface area contributed by atoms with E-state index in [0.717, 1.165) is 40.1 Å². The van der Waals surface area contributed by atoms with Gasteiger partial charge in [-0.2, -0.15) is 0 Å². The minimum absolute atomic E-state index is 0.219. The zero-order valence-corrected chi connectivity index (χ0v) is 21.7. The lowest BCUT2D eigenvalue weighted by atomic mass is 10.1. The lowest BCUT2D eigenvalue weighted by molar-refractivity contribution is -0.140. The molecule has 8 heteroatoms. The number of sulfonamides is 1. The van der Waals surface area contributed by atoms with Crippen LogP contribution in [-0.4, -0.2) is 50.5 Å². The maximum absolute atomic E-state index is 13.6. The molecule has 7 nitrogen and oxygen atoms in total. The number of nitrogens with zero attached hydrogens (tertiary/aromatic N) is 2. The predicted molar refractivity (Wildman–Crippen MR) is 137 cm³/mol. The summed E-state index contributed by atoms with van der Waals surface area (Å²) in [4.78, 5) is 28.2. The third kappa shape index (κ3) is 7.58. The zero-order chi connectivity index (χ0) is 25.3. The fourth-order valence-corrected chi connectivity index (χ4v) is 4.57. The molecular formula is C26H37N3O4S. The summed E-state index contributed by atoms with van der Waals surface area (Å²) in [7, 11) is -3.73. The van der Waals surface area contributed by atoms with E-state index in [0.29, 0.717) is 18.7 Å². The standard InChI is InChI=1S/C26H37N3O4S/c1-6-8-17-27-26(31)24(7-2)28(18-22-12-10-9-11-21(22)4)25(30)19-29(34(5,32)33)23-15-13-20(3)14-16-23/h9-16,24H,6-8,17-19H2,1-5H3,(H,27,31)/t24-/m0/s1. The molecule has 2 aromatic carbocycles. The van der Waals surface area contributed by atoms with Crippen LogP contribution in [0.2, 0.25) is 0 Å². The van der Waals surface area contributed by atoms with E-state index in [1.165, 1.54) is 4.90 Å². The first-order chi connectivity index (χ1) is 16.1. The Kier molecular flexibility index (Phi) is 10.1. The Balaban J connectivity index is 2.40. The summed E-state index contributed by atoms with van der Waals surface area (Å²) in [6, 6.07) is 14.0. The van der Waals surface area contributed by atoms with E-state index in [1.54, 1.807) is 24.3 Å². The van der Waals surface area contributed by atoms with Crippen LogP contribution in [0, 0.1) is 13.8 Å². The van der Waals surface area contributed by atoms with Gasteiger partial charge in [-0.1, -0.05) is 62.2 Å². The van der Waals surface area contributed by atoms with E-state index in [9.17, 15) is 18.0 Å². The number of nitrogens with one attached hydrogen (secondary N) is 1. The maximum atomic E-state index is 13.6. The van der Waals surface area contributed by atoms with Gasteiger partial charge in [0.05, 0.1) is 11.9 Å². The van der Waals surface area contributed by atoms with E-state index >= 15 is 0 Å². The van der Waals surface area contributed by atoms with Crippen molar-refractivity contribution in [2.75, 3.05) is 23.7 Å². The number of hydrogen-bond donors (Lipinski definition) is 1. The summed E-state index contributed by atoms with van der Waals surface area (Å²) in [5, 5.41) is 2.93. The summed E-state index contributed by atoms with van der Waals surface area (Å²) in [6.07, 6.45) is 3.30. The summed E-state index contributed by atoms with van der Waals surface area (Å²) >= 11 is 0. The molecule has 0 radical (unpaired) electrons. The van der Waals surface area contributed by atoms with Crippen LogP contribution in [-0.2, 0) is 26.2 Å². The van der Waals surface area contributed by atoms with E-state index in [2.05, 4.69) is 5.32 Å². The Morgan fingerprint density at radius 3 is 2.21 bits per heavy atom. The molecule has 0 aliphatic rings. The molecule has 0 saturated heterocycles. The zero-order valence-electron chi connectivity index (χ0n) is 20.9. The molecule has 0 spiro atoms. The molecule has 0 saturated carbocycles. The average Bonchev–Trinajstić information content (AvgIpc) is 2.78. The van der Waals surface area contributed by atoms with Crippen molar-refractivity contribution in [1.29, 1.82) is 0 Å². The molecule has 34 heavy (non-hydrogen) atoms. The van der Waals surface area contributed by atoms with Crippen LogP contribution < -0.4 is 9.62 Å². The van der Waals surface area contributed by atoms with Gasteiger partial charge in [-0.05, 0) is 49.9 Å². The van der Waals surface area contributed by atoms with Gasteiger partial charge in [-0.3, -0.25) is 13.9 Å². The van der Waals surface area contributed by atoms with Crippen LogP contribution in [0.1, 0.15) is 49.8 Å². The molecular weight excluding hydrogens is 450 g/mol. The summed E-state index contributed by atoms with van der Waals surface area (Å²) < 4.78 is 26.3. The van der Waals surface area contributed by atoms with Gasteiger partial charge >= 0.3 is 0 Å². The molecule has 2 rings (SSSR count). The average molecular weight is 488 g/mol. The first kappa shape index (κ1) is 27.4. The summed E-state index contributed by atoms with van der Waals surface area (Å²) in [6.45, 7) is 8.14. The number of benzene rings is 2. The number of anilines is 1. The Morgan fingerprint density at radius 1 is 1.00 bits per heavy atom. The second-order valence-corrected chi connectivity index (χ2v) is 10.5. The predicted octanol–water partition coefficient (Wildman–Crippen LogP) is 3.79. The first-order valence-electron chi connectivity index (χ1n) is 11.7. The number of carbonyl (C=O) groups excluding carboxylic acids is 2. The molecule has 2 amide bonds. The molecule has 0 aliphatic carbocycles. The molecule has 1 atom stereocenters. The Morgan fingerprint density at radius 2 is 1.65 bits per heavy atom. The molecule has 186 valence electrons. The van der Waals surface area contributed by atoms with Gasteiger partial charge in [0, 0.05) is 13.1 Å². The molecule has 2 aromatic rings. The lowest BCUT2D eigenvalue weighted by Gasteiger charge is -2.33. The van der Waals surface area contributed by atoms with Gasteiger partial charge in [-0.25, -0.2) is 8.42 Å². The van der Waals surface area contributed by atoms with Crippen LogP contribution in [0.3, 0.4) is 0 Å². The number of carbonyl (C=O) groups is 2. The maximum Gasteiger partial charge on any atom is 0.244 e. The first-order valence-corrected chi connectivity index (χ1v) is 13.6. The minimum Gasteiger partial charge on any atom is -0.354 e. The highest BCUT2D eigenvalue weighted by Crippen LogP contribution is 2.21. The van der Waals surface area contributed by atoms with E-state index < -0.39 is 22.0 Å². The number of amides is 2. The van der Waals surface area contributed by atoms with Crippen LogP contribution in [0.5, 0.6) is 0 Å². The number of aryl methyl sites for hydroxylation is 2. The topological polar surface area (TPSA) is 86.8 Å². The Bertz CT molecular complexity index is 1070. The van der Waals surface area contributed by atoms with Crippen LogP contribution in [0.4, 0.5) is 5.69 Å².